The van der Waals surface area contributed by atoms with Gasteiger partial charge in [-0.2, -0.15) is 0 Å². The van der Waals surface area contributed by atoms with Crippen LogP contribution in [0, 0.1) is 0 Å². The molecule has 1 N–H and O–H groups in total. The van der Waals surface area contributed by atoms with Gasteiger partial charge in [-0.3, -0.25) is 4.79 Å². The Bertz CT molecular complexity index is 800. The lowest BCUT2D eigenvalue weighted by Crippen LogP contribution is -2.23. The summed E-state index contributed by atoms with van der Waals surface area (Å²) < 4.78 is 0. The molecular weight excluding hydrogens is 330 g/mol. The number of nitrogens with one attached hydrogen (secondary N) is 1. The number of benzene rings is 3. The molecule has 25 heavy (non-hydrogen) atoms. The Labute approximate surface area is 153 Å². The van der Waals surface area contributed by atoms with Gasteiger partial charge in [-0.1, -0.05) is 84.4 Å². The van der Waals surface area contributed by atoms with E-state index >= 15 is 0 Å². The summed E-state index contributed by atoms with van der Waals surface area (Å²) in [5.41, 5.74) is 2.99. The molecule has 3 rings (SSSR count). The highest BCUT2D eigenvalue weighted by molar-refractivity contribution is 6.30. The first-order valence-electron chi connectivity index (χ1n) is 8.33. The smallest absolute Gasteiger partial charge is 0.164 e. The summed E-state index contributed by atoms with van der Waals surface area (Å²) in [7, 11) is 0. The summed E-state index contributed by atoms with van der Waals surface area (Å²) >= 11 is 6.00. The fourth-order valence-corrected chi connectivity index (χ4v) is 2.89. The van der Waals surface area contributed by atoms with Crippen LogP contribution >= 0.6 is 11.6 Å². The van der Waals surface area contributed by atoms with Crippen LogP contribution in [0.3, 0.4) is 0 Å². The van der Waals surface area contributed by atoms with Gasteiger partial charge in [0.15, 0.2) is 5.78 Å². The van der Waals surface area contributed by atoms with Gasteiger partial charge in [0.2, 0.25) is 0 Å². The van der Waals surface area contributed by atoms with Gasteiger partial charge in [0.05, 0.1) is 0 Å². The number of hydrogen-bond donors (Lipinski definition) is 1. The number of carbonyl (C=O) groups excluding carboxylic acids is 1. The standard InChI is InChI=1S/C22H20ClNO/c23-20-13-11-18(12-14-20)21(24-16-17-7-3-1-4-8-17)15-22(25)19-9-5-2-6-10-19/h1-14,21,24H,15-16H2. The lowest BCUT2D eigenvalue weighted by molar-refractivity contribution is 0.0968. The van der Waals surface area contributed by atoms with E-state index in [0.29, 0.717) is 18.0 Å². The van der Waals surface area contributed by atoms with E-state index in [9.17, 15) is 4.79 Å². The maximum Gasteiger partial charge on any atom is 0.164 e. The van der Waals surface area contributed by atoms with Crippen LogP contribution in [0.2, 0.25) is 5.02 Å². The Morgan fingerprint density at radius 2 is 1.44 bits per heavy atom. The quantitative estimate of drug-likeness (QED) is 0.575. The maximum absolute atomic E-state index is 12.6. The fraction of sp³-hybridized carbons (Fsp3) is 0.136. The van der Waals surface area contributed by atoms with E-state index in [1.165, 1.54) is 5.56 Å². The molecule has 0 aliphatic rings. The van der Waals surface area contributed by atoms with Crippen LogP contribution in [0.25, 0.3) is 0 Å². The van der Waals surface area contributed by atoms with Crippen LogP contribution in [-0.4, -0.2) is 5.78 Å². The third kappa shape index (κ3) is 5.02. The molecule has 0 saturated carbocycles. The van der Waals surface area contributed by atoms with Crippen LogP contribution < -0.4 is 5.32 Å². The van der Waals surface area contributed by atoms with Crippen LogP contribution in [0.5, 0.6) is 0 Å². The van der Waals surface area contributed by atoms with Crippen molar-refractivity contribution >= 4 is 17.4 Å². The van der Waals surface area contributed by atoms with Crippen molar-refractivity contribution in [2.45, 2.75) is 19.0 Å². The van der Waals surface area contributed by atoms with Crippen LogP contribution in [0.4, 0.5) is 0 Å². The molecule has 0 aliphatic heterocycles. The van der Waals surface area contributed by atoms with Gasteiger partial charge in [-0.25, -0.2) is 0 Å². The highest BCUT2D eigenvalue weighted by atomic mass is 35.5. The number of hydrogen-bond acceptors (Lipinski definition) is 2. The van der Waals surface area contributed by atoms with Gasteiger partial charge < -0.3 is 5.32 Å². The molecule has 2 nitrogen and oxygen atoms in total. The van der Waals surface area contributed by atoms with Crippen molar-refractivity contribution in [3.8, 4) is 0 Å². The Morgan fingerprint density at radius 3 is 2.08 bits per heavy atom. The van der Waals surface area contributed by atoms with Crippen molar-refractivity contribution in [1.82, 2.24) is 5.32 Å². The molecule has 0 saturated heterocycles. The van der Waals surface area contributed by atoms with Crippen molar-refractivity contribution < 1.29 is 4.79 Å². The molecule has 0 radical (unpaired) electrons. The molecule has 3 heteroatoms. The summed E-state index contributed by atoms with van der Waals surface area (Å²) in [6, 6.07) is 27.2. The molecule has 1 atom stereocenters. The van der Waals surface area contributed by atoms with Gasteiger partial charge in [0.1, 0.15) is 0 Å². The molecule has 0 heterocycles. The van der Waals surface area contributed by atoms with E-state index in [0.717, 1.165) is 11.1 Å². The Hall–Kier alpha value is -2.42. The molecular formula is C22H20ClNO. The van der Waals surface area contributed by atoms with Crippen molar-refractivity contribution in [2.75, 3.05) is 0 Å². The van der Waals surface area contributed by atoms with Crippen molar-refractivity contribution in [1.29, 1.82) is 0 Å². The third-order valence-electron chi connectivity index (χ3n) is 4.15. The summed E-state index contributed by atoms with van der Waals surface area (Å²) in [5.74, 6) is 0.126. The second-order valence-corrected chi connectivity index (χ2v) is 6.40. The Morgan fingerprint density at radius 1 is 0.840 bits per heavy atom. The predicted octanol–water partition coefficient (Wildman–Crippen LogP) is 5.44. The monoisotopic (exact) mass is 349 g/mol. The Balaban J connectivity index is 1.76. The minimum absolute atomic E-state index is 0.0646. The van der Waals surface area contributed by atoms with Gasteiger partial charge in [0, 0.05) is 29.6 Å². The zero-order chi connectivity index (χ0) is 17.5. The van der Waals surface area contributed by atoms with E-state index in [-0.39, 0.29) is 11.8 Å². The molecule has 0 aromatic heterocycles. The second kappa shape index (κ2) is 8.61. The zero-order valence-corrected chi connectivity index (χ0v) is 14.6. The Kier molecular flexibility index (Phi) is 5.99. The highest BCUT2D eigenvalue weighted by Gasteiger charge is 2.17. The number of carbonyl (C=O) groups is 1. The molecule has 3 aromatic rings. The third-order valence-corrected chi connectivity index (χ3v) is 4.41. The minimum Gasteiger partial charge on any atom is -0.305 e. The lowest BCUT2D eigenvalue weighted by atomic mass is 9.97. The predicted molar refractivity (Wildman–Crippen MR) is 103 cm³/mol. The van der Waals surface area contributed by atoms with Crippen molar-refractivity contribution in [3.63, 3.8) is 0 Å². The number of rotatable bonds is 7. The summed E-state index contributed by atoms with van der Waals surface area (Å²) in [5, 5.41) is 4.20. The van der Waals surface area contributed by atoms with E-state index in [1.54, 1.807) is 0 Å². The average molecular weight is 350 g/mol. The van der Waals surface area contributed by atoms with Crippen molar-refractivity contribution in [2.24, 2.45) is 0 Å². The summed E-state index contributed by atoms with van der Waals surface area (Å²) in [6.45, 7) is 0.705. The molecule has 0 fully saturated rings. The van der Waals surface area contributed by atoms with Gasteiger partial charge >= 0.3 is 0 Å². The minimum atomic E-state index is -0.0646. The molecule has 126 valence electrons. The summed E-state index contributed by atoms with van der Waals surface area (Å²) in [6.07, 6.45) is 0.401. The largest absolute Gasteiger partial charge is 0.305 e. The fourth-order valence-electron chi connectivity index (χ4n) is 2.77. The average Bonchev–Trinajstić information content (AvgIpc) is 2.67. The van der Waals surface area contributed by atoms with E-state index in [4.69, 9.17) is 11.6 Å². The number of halogens is 1. The highest BCUT2D eigenvalue weighted by Crippen LogP contribution is 2.22. The van der Waals surface area contributed by atoms with Gasteiger partial charge in [-0.15, -0.1) is 0 Å². The van der Waals surface area contributed by atoms with Crippen molar-refractivity contribution in [3.05, 3.63) is 107 Å². The molecule has 3 aromatic carbocycles. The van der Waals surface area contributed by atoms with Gasteiger partial charge in [-0.05, 0) is 23.3 Å². The second-order valence-electron chi connectivity index (χ2n) is 5.96. The normalized spacial score (nSPS) is 11.9. The van der Waals surface area contributed by atoms with E-state index in [1.807, 2.05) is 72.8 Å². The maximum atomic E-state index is 12.6. The lowest BCUT2D eigenvalue weighted by Gasteiger charge is -2.19. The molecule has 1 unspecified atom stereocenters. The van der Waals surface area contributed by atoms with E-state index in [2.05, 4.69) is 17.4 Å². The first-order valence-corrected chi connectivity index (χ1v) is 8.71. The van der Waals surface area contributed by atoms with E-state index < -0.39 is 0 Å². The van der Waals surface area contributed by atoms with Gasteiger partial charge in [0.25, 0.3) is 0 Å². The first-order chi connectivity index (χ1) is 12.2. The van der Waals surface area contributed by atoms with Crippen LogP contribution in [0.15, 0.2) is 84.9 Å². The topological polar surface area (TPSA) is 29.1 Å². The zero-order valence-electron chi connectivity index (χ0n) is 13.9. The SMILES string of the molecule is O=C(CC(NCc1ccccc1)c1ccc(Cl)cc1)c1ccccc1. The number of Topliss-reactive ketones (excluding diaryl/α,β-unsaturated/α-hetero) is 1. The molecule has 0 amide bonds. The molecule has 0 spiro atoms. The number of ketones is 1. The summed E-state index contributed by atoms with van der Waals surface area (Å²) in [4.78, 5) is 12.6. The first kappa shape index (κ1) is 17.4. The molecule has 0 bridgehead atoms. The van der Waals surface area contributed by atoms with Crippen LogP contribution in [-0.2, 0) is 6.54 Å². The van der Waals surface area contributed by atoms with Crippen LogP contribution in [0.1, 0.15) is 33.9 Å². The molecule has 0 aliphatic carbocycles.